The van der Waals surface area contributed by atoms with Gasteiger partial charge in [0, 0.05) is 31.0 Å². The molecule has 0 bridgehead atoms. The van der Waals surface area contributed by atoms with Crippen molar-refractivity contribution in [1.82, 2.24) is 5.32 Å². The van der Waals surface area contributed by atoms with Crippen molar-refractivity contribution in [3.8, 4) is 0 Å². The Morgan fingerprint density at radius 2 is 1.94 bits per heavy atom. The molecule has 0 unspecified atom stereocenters. The molecule has 98 valence electrons. The average molecular weight is 265 g/mol. The number of hydrogen-bond acceptors (Lipinski definition) is 3. The zero-order chi connectivity index (χ0) is 12.8. The van der Waals surface area contributed by atoms with E-state index in [4.69, 9.17) is 17.0 Å². The summed E-state index contributed by atoms with van der Waals surface area (Å²) >= 11 is 5.14. The molecule has 0 aromatic heterocycles. The molecule has 0 amide bonds. The largest absolute Gasteiger partial charge is 0.378 e. The van der Waals surface area contributed by atoms with Crippen LogP contribution in [-0.2, 0) is 4.74 Å². The highest BCUT2D eigenvalue weighted by Gasteiger charge is 2.10. The molecule has 1 heterocycles. The highest BCUT2D eigenvalue weighted by molar-refractivity contribution is 7.80. The smallest absolute Gasteiger partial charge is 0.170 e. The Bertz CT molecular complexity index is 388. The van der Waals surface area contributed by atoms with E-state index in [-0.39, 0.29) is 0 Å². The lowest BCUT2D eigenvalue weighted by atomic mass is 10.2. The van der Waals surface area contributed by atoms with Crippen molar-refractivity contribution in [2.24, 2.45) is 0 Å². The third-order valence-electron chi connectivity index (χ3n) is 2.84. The summed E-state index contributed by atoms with van der Waals surface area (Å²) in [7, 11) is 0. The summed E-state index contributed by atoms with van der Waals surface area (Å²) in [6.07, 6.45) is 0. The first-order valence-electron chi connectivity index (χ1n) is 6.27. The van der Waals surface area contributed by atoms with Crippen LogP contribution in [0.2, 0.25) is 0 Å². The molecule has 1 aromatic rings. The van der Waals surface area contributed by atoms with E-state index in [0.29, 0.717) is 5.11 Å². The number of anilines is 2. The average Bonchev–Trinajstić information content (AvgIpc) is 2.41. The van der Waals surface area contributed by atoms with E-state index >= 15 is 0 Å². The van der Waals surface area contributed by atoms with E-state index in [1.54, 1.807) is 0 Å². The van der Waals surface area contributed by atoms with E-state index < -0.39 is 0 Å². The molecular formula is C13H19N3OS. The van der Waals surface area contributed by atoms with Crippen LogP contribution in [0.1, 0.15) is 6.92 Å². The highest BCUT2D eigenvalue weighted by Crippen LogP contribution is 2.18. The second-order valence-corrected chi connectivity index (χ2v) is 4.54. The molecule has 2 rings (SSSR count). The van der Waals surface area contributed by atoms with Crippen molar-refractivity contribution in [3.63, 3.8) is 0 Å². The van der Waals surface area contributed by atoms with Gasteiger partial charge in [-0.25, -0.2) is 0 Å². The third kappa shape index (κ3) is 3.58. The number of rotatable bonds is 3. The number of thiocarbonyl (C=S) groups is 1. The van der Waals surface area contributed by atoms with E-state index in [2.05, 4.69) is 39.8 Å². The second-order valence-electron chi connectivity index (χ2n) is 4.13. The normalized spacial score (nSPS) is 15.3. The third-order valence-corrected chi connectivity index (χ3v) is 3.09. The van der Waals surface area contributed by atoms with Gasteiger partial charge in [0.05, 0.1) is 13.2 Å². The van der Waals surface area contributed by atoms with Crippen molar-refractivity contribution in [3.05, 3.63) is 24.3 Å². The fourth-order valence-electron chi connectivity index (χ4n) is 1.91. The van der Waals surface area contributed by atoms with Crippen LogP contribution in [0, 0.1) is 0 Å². The van der Waals surface area contributed by atoms with Gasteiger partial charge in [-0.15, -0.1) is 0 Å². The first-order chi connectivity index (χ1) is 8.79. The number of benzene rings is 1. The lowest BCUT2D eigenvalue weighted by molar-refractivity contribution is 0.122. The van der Waals surface area contributed by atoms with Crippen LogP contribution in [0.3, 0.4) is 0 Å². The van der Waals surface area contributed by atoms with Crippen LogP contribution in [0.15, 0.2) is 24.3 Å². The van der Waals surface area contributed by atoms with Gasteiger partial charge in [0.15, 0.2) is 5.11 Å². The summed E-state index contributed by atoms with van der Waals surface area (Å²) in [5.74, 6) is 0. The topological polar surface area (TPSA) is 36.5 Å². The Hall–Kier alpha value is -1.33. The Labute approximate surface area is 113 Å². The minimum absolute atomic E-state index is 0.664. The maximum Gasteiger partial charge on any atom is 0.170 e. The molecule has 0 spiro atoms. The van der Waals surface area contributed by atoms with Gasteiger partial charge in [0.25, 0.3) is 0 Å². The van der Waals surface area contributed by atoms with Gasteiger partial charge >= 0.3 is 0 Å². The summed E-state index contributed by atoms with van der Waals surface area (Å²) in [6.45, 7) is 6.40. The van der Waals surface area contributed by atoms with Gasteiger partial charge in [-0.2, -0.15) is 0 Å². The molecule has 1 aromatic carbocycles. The quantitative estimate of drug-likeness (QED) is 0.816. The van der Waals surface area contributed by atoms with Gasteiger partial charge < -0.3 is 20.3 Å². The first-order valence-corrected chi connectivity index (χ1v) is 6.68. The summed E-state index contributed by atoms with van der Waals surface area (Å²) < 4.78 is 5.35. The van der Waals surface area contributed by atoms with Crippen molar-refractivity contribution >= 4 is 28.7 Å². The molecule has 1 aliphatic rings. The fourth-order valence-corrected chi connectivity index (χ4v) is 2.18. The van der Waals surface area contributed by atoms with Gasteiger partial charge in [-0.05, 0) is 43.4 Å². The first kappa shape index (κ1) is 13.1. The summed E-state index contributed by atoms with van der Waals surface area (Å²) in [6, 6.07) is 8.33. The Kier molecular flexibility index (Phi) is 4.78. The number of ether oxygens (including phenoxy) is 1. The zero-order valence-electron chi connectivity index (χ0n) is 10.6. The fraction of sp³-hybridized carbons (Fsp3) is 0.462. The summed E-state index contributed by atoms with van der Waals surface area (Å²) in [5.41, 5.74) is 2.25. The minimum Gasteiger partial charge on any atom is -0.378 e. The molecule has 0 saturated carbocycles. The zero-order valence-corrected chi connectivity index (χ0v) is 11.4. The highest BCUT2D eigenvalue weighted by atomic mass is 32.1. The van der Waals surface area contributed by atoms with E-state index in [1.165, 1.54) is 5.69 Å². The Morgan fingerprint density at radius 3 is 2.56 bits per heavy atom. The molecule has 1 saturated heterocycles. The molecule has 4 nitrogen and oxygen atoms in total. The van der Waals surface area contributed by atoms with Gasteiger partial charge in [0.2, 0.25) is 0 Å². The lowest BCUT2D eigenvalue weighted by Crippen LogP contribution is -2.36. The Morgan fingerprint density at radius 1 is 1.28 bits per heavy atom. The van der Waals surface area contributed by atoms with E-state index in [1.807, 2.05) is 6.92 Å². The second kappa shape index (κ2) is 6.56. The van der Waals surface area contributed by atoms with Crippen molar-refractivity contribution in [2.45, 2.75) is 6.92 Å². The maximum atomic E-state index is 5.35. The van der Waals surface area contributed by atoms with Crippen molar-refractivity contribution in [2.75, 3.05) is 43.1 Å². The number of hydrogen-bond donors (Lipinski definition) is 2. The van der Waals surface area contributed by atoms with Gasteiger partial charge in [-0.3, -0.25) is 0 Å². The number of nitrogens with zero attached hydrogens (tertiary/aromatic N) is 1. The monoisotopic (exact) mass is 265 g/mol. The molecule has 1 fully saturated rings. The molecule has 5 heteroatoms. The van der Waals surface area contributed by atoms with E-state index in [9.17, 15) is 0 Å². The molecule has 2 N–H and O–H groups in total. The van der Waals surface area contributed by atoms with Crippen LogP contribution in [0.5, 0.6) is 0 Å². The van der Waals surface area contributed by atoms with Crippen LogP contribution >= 0.6 is 12.2 Å². The van der Waals surface area contributed by atoms with E-state index in [0.717, 1.165) is 38.5 Å². The summed E-state index contributed by atoms with van der Waals surface area (Å²) in [5, 5.41) is 6.88. The molecule has 1 aliphatic heterocycles. The number of nitrogens with one attached hydrogen (secondary N) is 2. The predicted octanol–water partition coefficient (Wildman–Crippen LogP) is 1.83. The van der Waals surface area contributed by atoms with Crippen molar-refractivity contribution in [1.29, 1.82) is 0 Å². The molecule has 18 heavy (non-hydrogen) atoms. The number of morpholine rings is 1. The standard InChI is InChI=1S/C13H19N3OS/c1-2-14-13(18)15-11-3-5-12(6-4-11)16-7-9-17-10-8-16/h3-6H,2,7-10H2,1H3,(H2,14,15,18). The molecule has 0 atom stereocenters. The molecular weight excluding hydrogens is 246 g/mol. The minimum atomic E-state index is 0.664. The predicted molar refractivity (Wildman–Crippen MR) is 79.4 cm³/mol. The Balaban J connectivity index is 1.94. The summed E-state index contributed by atoms with van der Waals surface area (Å²) in [4.78, 5) is 2.33. The SMILES string of the molecule is CCNC(=S)Nc1ccc(N2CCOCC2)cc1. The van der Waals surface area contributed by atoms with Crippen LogP contribution in [0.4, 0.5) is 11.4 Å². The maximum absolute atomic E-state index is 5.35. The van der Waals surface area contributed by atoms with Crippen molar-refractivity contribution < 1.29 is 4.74 Å². The molecule has 0 radical (unpaired) electrons. The van der Waals surface area contributed by atoms with Crippen LogP contribution in [0.25, 0.3) is 0 Å². The lowest BCUT2D eigenvalue weighted by Gasteiger charge is -2.28. The van der Waals surface area contributed by atoms with Crippen LogP contribution < -0.4 is 15.5 Å². The molecule has 0 aliphatic carbocycles. The van der Waals surface area contributed by atoms with Gasteiger partial charge in [0.1, 0.15) is 0 Å². The van der Waals surface area contributed by atoms with Gasteiger partial charge in [-0.1, -0.05) is 0 Å². The van der Waals surface area contributed by atoms with Crippen LogP contribution in [-0.4, -0.2) is 38.0 Å².